The number of hydrogen-bond donors (Lipinski definition) is 0. The average Bonchev–Trinajstić information content (AvgIpc) is 2.81. The van der Waals surface area contributed by atoms with E-state index in [0.29, 0.717) is 44.6 Å². The number of amides is 2. The molecule has 0 aliphatic rings. The zero-order chi connectivity index (χ0) is 25.8. The van der Waals surface area contributed by atoms with E-state index in [1.165, 1.54) is 6.07 Å². The lowest BCUT2D eigenvalue weighted by atomic mass is 9.95. The molecule has 3 atom stereocenters. The molecule has 0 saturated carbocycles. The van der Waals surface area contributed by atoms with Gasteiger partial charge in [0.1, 0.15) is 11.6 Å². The molecule has 192 valence electrons. The number of halogens is 2. The van der Waals surface area contributed by atoms with Crippen molar-refractivity contribution in [3.63, 3.8) is 0 Å². The van der Waals surface area contributed by atoms with Crippen LogP contribution < -0.4 is 4.90 Å². The van der Waals surface area contributed by atoms with Gasteiger partial charge in [0, 0.05) is 23.8 Å². The van der Waals surface area contributed by atoms with Gasteiger partial charge in [-0.1, -0.05) is 60.8 Å². The Labute approximate surface area is 208 Å². The number of hydrogen-bond acceptors (Lipinski definition) is 4. The van der Waals surface area contributed by atoms with Crippen molar-refractivity contribution in [3.05, 3.63) is 23.8 Å². The summed E-state index contributed by atoms with van der Waals surface area (Å²) in [5, 5.41) is -0.195. The summed E-state index contributed by atoms with van der Waals surface area (Å²) in [6, 6.07) is 1.85. The molecule has 1 aromatic rings. The van der Waals surface area contributed by atoms with Crippen LogP contribution in [0.15, 0.2) is 17.0 Å². The molecule has 0 spiro atoms. The number of carbonyl (C=O) groups is 3. The maximum Gasteiger partial charge on any atom is 0.236 e. The topological polar surface area (TPSA) is 54.5 Å². The molecular formula is C27H41F2NO3S. The van der Waals surface area contributed by atoms with E-state index >= 15 is 4.39 Å². The van der Waals surface area contributed by atoms with Crippen LogP contribution in [0.5, 0.6) is 0 Å². The lowest BCUT2D eigenvalue weighted by molar-refractivity contribution is -0.131. The molecule has 3 unspecified atom stereocenters. The van der Waals surface area contributed by atoms with Crippen LogP contribution in [0.4, 0.5) is 14.5 Å². The van der Waals surface area contributed by atoms with Gasteiger partial charge >= 0.3 is 0 Å². The van der Waals surface area contributed by atoms with E-state index in [9.17, 15) is 18.8 Å². The summed E-state index contributed by atoms with van der Waals surface area (Å²) in [5.74, 6) is -3.89. The molecule has 2 amide bonds. The van der Waals surface area contributed by atoms with Gasteiger partial charge in [-0.3, -0.25) is 14.4 Å². The molecule has 0 aliphatic carbocycles. The highest BCUT2D eigenvalue weighted by molar-refractivity contribution is 8.13. The second-order valence-corrected chi connectivity index (χ2v) is 9.89. The average molecular weight is 498 g/mol. The number of carbonyl (C=O) groups excluding carboxylic acids is 3. The minimum Gasteiger partial charge on any atom is -0.287 e. The van der Waals surface area contributed by atoms with Crippen LogP contribution in [0.2, 0.25) is 0 Å². The Morgan fingerprint density at radius 1 is 0.735 bits per heavy atom. The predicted molar refractivity (Wildman–Crippen MR) is 136 cm³/mol. The zero-order valence-corrected chi connectivity index (χ0v) is 22.4. The maximum absolute atomic E-state index is 15.1. The monoisotopic (exact) mass is 497 g/mol. The van der Waals surface area contributed by atoms with E-state index in [1.54, 1.807) is 0 Å². The minimum atomic E-state index is -0.977. The standard InChI is InChI=1S/C27H41F2NO3S/c1-7-13-18(10-4)25(31)30(26(32)19(11-5)14-8-2)23-17-24(22(29)16-21(23)28)34-27(33)20(12-6)15-9-3/h16-20H,7-15H2,1-6H3. The first-order valence-electron chi connectivity index (χ1n) is 12.8. The van der Waals surface area contributed by atoms with E-state index in [-0.39, 0.29) is 21.6 Å². The quantitative estimate of drug-likeness (QED) is 0.245. The van der Waals surface area contributed by atoms with E-state index < -0.39 is 35.3 Å². The highest BCUT2D eigenvalue weighted by Gasteiger charge is 2.35. The Morgan fingerprint density at radius 2 is 1.18 bits per heavy atom. The van der Waals surface area contributed by atoms with Gasteiger partial charge in [0.25, 0.3) is 0 Å². The number of benzene rings is 1. The second-order valence-electron chi connectivity index (χ2n) is 8.85. The van der Waals surface area contributed by atoms with Gasteiger partial charge in [-0.15, -0.1) is 0 Å². The first-order chi connectivity index (χ1) is 16.2. The van der Waals surface area contributed by atoms with Crippen LogP contribution in [-0.4, -0.2) is 16.9 Å². The molecule has 0 radical (unpaired) electrons. The Hall–Kier alpha value is -1.76. The lowest BCUT2D eigenvalue weighted by Crippen LogP contribution is -2.44. The van der Waals surface area contributed by atoms with Gasteiger partial charge in [-0.05, 0) is 56.4 Å². The Balaban J connectivity index is 3.55. The number of thioether (sulfide) groups is 1. The fourth-order valence-electron chi connectivity index (χ4n) is 4.21. The summed E-state index contributed by atoms with van der Waals surface area (Å²) < 4.78 is 29.8. The second kappa shape index (κ2) is 15.3. The summed E-state index contributed by atoms with van der Waals surface area (Å²) in [7, 11) is 0. The molecule has 0 heterocycles. The molecule has 0 saturated heterocycles. The van der Waals surface area contributed by atoms with E-state index in [4.69, 9.17) is 0 Å². The van der Waals surface area contributed by atoms with Crippen molar-refractivity contribution in [1.29, 1.82) is 0 Å². The van der Waals surface area contributed by atoms with Crippen molar-refractivity contribution in [3.8, 4) is 0 Å². The normalized spacial score (nSPS) is 13.9. The first kappa shape index (κ1) is 30.3. The Kier molecular flexibility index (Phi) is 13.6. The smallest absolute Gasteiger partial charge is 0.236 e. The molecule has 1 rings (SSSR count). The number of imide groups is 1. The third kappa shape index (κ3) is 7.89. The predicted octanol–water partition coefficient (Wildman–Crippen LogP) is 7.92. The molecule has 7 heteroatoms. The summed E-state index contributed by atoms with van der Waals surface area (Å²) >= 11 is 0.726. The van der Waals surface area contributed by atoms with Gasteiger partial charge in [0.15, 0.2) is 5.12 Å². The van der Waals surface area contributed by atoms with Crippen molar-refractivity contribution in [2.75, 3.05) is 4.90 Å². The minimum absolute atomic E-state index is 0.0615. The summed E-state index contributed by atoms with van der Waals surface area (Å²) in [6.45, 7) is 11.5. The maximum atomic E-state index is 15.1. The molecule has 0 aromatic heterocycles. The van der Waals surface area contributed by atoms with Gasteiger partial charge in [-0.25, -0.2) is 13.7 Å². The van der Waals surface area contributed by atoms with Crippen LogP contribution in [0.1, 0.15) is 99.3 Å². The van der Waals surface area contributed by atoms with E-state index in [0.717, 1.165) is 35.9 Å². The number of anilines is 1. The Morgan fingerprint density at radius 3 is 1.59 bits per heavy atom. The first-order valence-corrected chi connectivity index (χ1v) is 13.6. The zero-order valence-electron chi connectivity index (χ0n) is 21.6. The third-order valence-corrected chi connectivity index (χ3v) is 7.38. The van der Waals surface area contributed by atoms with Crippen LogP contribution in [0, 0.1) is 29.4 Å². The molecule has 0 aliphatic heterocycles. The van der Waals surface area contributed by atoms with E-state index in [2.05, 4.69) is 0 Å². The largest absolute Gasteiger partial charge is 0.287 e. The SMILES string of the molecule is CCCC(CC)C(=O)Sc1cc(N(C(=O)C(CC)CCC)C(=O)C(CC)CCC)c(F)cc1F. The van der Waals surface area contributed by atoms with Gasteiger partial charge in [0.2, 0.25) is 11.8 Å². The third-order valence-electron chi connectivity index (χ3n) is 6.32. The van der Waals surface area contributed by atoms with Crippen LogP contribution in [0.25, 0.3) is 0 Å². The molecular weight excluding hydrogens is 456 g/mol. The molecule has 0 bridgehead atoms. The van der Waals surface area contributed by atoms with Crippen molar-refractivity contribution in [2.24, 2.45) is 17.8 Å². The van der Waals surface area contributed by atoms with Crippen LogP contribution in [0.3, 0.4) is 0 Å². The molecule has 0 fully saturated rings. The van der Waals surface area contributed by atoms with Gasteiger partial charge in [-0.2, -0.15) is 0 Å². The van der Waals surface area contributed by atoms with Gasteiger partial charge in [0.05, 0.1) is 10.6 Å². The molecule has 0 N–H and O–H groups in total. The summed E-state index contributed by atoms with van der Waals surface area (Å²) in [6.07, 6.45) is 5.80. The van der Waals surface area contributed by atoms with Crippen LogP contribution >= 0.6 is 11.8 Å². The highest BCUT2D eigenvalue weighted by Crippen LogP contribution is 2.35. The highest BCUT2D eigenvalue weighted by atomic mass is 32.2. The fourth-order valence-corrected chi connectivity index (χ4v) is 5.20. The van der Waals surface area contributed by atoms with Gasteiger partial charge < -0.3 is 0 Å². The van der Waals surface area contributed by atoms with E-state index in [1.807, 2.05) is 41.5 Å². The van der Waals surface area contributed by atoms with Crippen molar-refractivity contribution in [1.82, 2.24) is 0 Å². The Bertz CT molecular complexity index is 804. The summed E-state index contributed by atoms with van der Waals surface area (Å²) in [5.41, 5.74) is -0.264. The van der Waals surface area contributed by atoms with Crippen molar-refractivity contribution >= 4 is 34.4 Å². The summed E-state index contributed by atoms with van der Waals surface area (Å²) in [4.78, 5) is 40.6. The number of nitrogens with zero attached hydrogens (tertiary/aromatic N) is 1. The van der Waals surface area contributed by atoms with Crippen molar-refractivity contribution < 1.29 is 23.2 Å². The number of rotatable bonds is 14. The molecule has 34 heavy (non-hydrogen) atoms. The van der Waals surface area contributed by atoms with Crippen LogP contribution in [-0.2, 0) is 14.4 Å². The fraction of sp³-hybridized carbons (Fsp3) is 0.667. The molecule has 1 aromatic carbocycles. The lowest BCUT2D eigenvalue weighted by Gasteiger charge is -2.29. The van der Waals surface area contributed by atoms with Crippen molar-refractivity contribution in [2.45, 2.75) is 104 Å². The molecule has 4 nitrogen and oxygen atoms in total.